The van der Waals surface area contributed by atoms with Gasteiger partial charge in [-0.15, -0.1) is 12.4 Å². The van der Waals surface area contributed by atoms with Crippen molar-refractivity contribution in [1.29, 1.82) is 0 Å². The minimum Gasteiger partial charge on any atom is -0.369 e. The molecule has 1 N–H and O–H groups in total. The highest BCUT2D eigenvalue weighted by Crippen LogP contribution is 2.30. The zero-order chi connectivity index (χ0) is 17.0. The first-order valence-electron chi connectivity index (χ1n) is 8.64. The van der Waals surface area contributed by atoms with Gasteiger partial charge in [0.2, 0.25) is 0 Å². The lowest BCUT2D eigenvalue weighted by Gasteiger charge is -2.32. The van der Waals surface area contributed by atoms with Crippen LogP contribution in [0.2, 0.25) is 0 Å². The zero-order valence-corrected chi connectivity index (χ0v) is 15.7. The van der Waals surface area contributed by atoms with E-state index in [1.54, 1.807) is 0 Å². The van der Waals surface area contributed by atoms with E-state index in [2.05, 4.69) is 30.7 Å². The van der Waals surface area contributed by atoms with Crippen LogP contribution in [0.15, 0.2) is 60.7 Å². The van der Waals surface area contributed by atoms with Crippen molar-refractivity contribution >= 4 is 12.4 Å². The van der Waals surface area contributed by atoms with Crippen LogP contribution in [-0.4, -0.2) is 30.1 Å². The van der Waals surface area contributed by atoms with Crippen LogP contribution in [0.1, 0.15) is 24.5 Å². The predicted molar refractivity (Wildman–Crippen MR) is 106 cm³/mol. The van der Waals surface area contributed by atoms with E-state index in [1.807, 2.05) is 60.7 Å². The molecule has 2 aromatic carbocycles. The molecule has 2 nitrogen and oxygen atoms in total. The van der Waals surface area contributed by atoms with Gasteiger partial charge in [0.05, 0.1) is 0 Å². The monoisotopic (exact) mass is 355 g/mol. The number of nitrogens with zero attached hydrogens (tertiary/aromatic N) is 1. The van der Waals surface area contributed by atoms with Crippen LogP contribution >= 0.6 is 12.4 Å². The lowest BCUT2D eigenvalue weighted by molar-refractivity contribution is 0.143. The molecular formula is C22H26ClNO. The van der Waals surface area contributed by atoms with Crippen molar-refractivity contribution in [3.05, 3.63) is 71.8 Å². The maximum absolute atomic E-state index is 11.4. The van der Waals surface area contributed by atoms with E-state index in [4.69, 9.17) is 0 Å². The predicted octanol–water partition coefficient (Wildman–Crippen LogP) is 3.94. The fraction of sp³-hybridized carbons (Fsp3) is 0.364. The maximum Gasteiger partial charge on any atom is 0.176 e. The van der Waals surface area contributed by atoms with Crippen molar-refractivity contribution in [2.45, 2.75) is 18.9 Å². The Morgan fingerprint density at radius 3 is 2.04 bits per heavy atom. The Morgan fingerprint density at radius 1 is 1.00 bits per heavy atom. The Balaban J connectivity index is 0.00000225. The highest BCUT2D eigenvalue weighted by atomic mass is 35.5. The molecule has 0 aromatic heterocycles. The summed E-state index contributed by atoms with van der Waals surface area (Å²) in [4.78, 5) is 2.32. The van der Waals surface area contributed by atoms with Crippen LogP contribution in [0.25, 0.3) is 0 Å². The zero-order valence-electron chi connectivity index (χ0n) is 14.9. The van der Waals surface area contributed by atoms with Gasteiger partial charge in [0.25, 0.3) is 0 Å². The highest BCUT2D eigenvalue weighted by molar-refractivity contribution is 5.85. The first-order valence-corrected chi connectivity index (χ1v) is 8.64. The minimum absolute atomic E-state index is 0. The number of hydrogen-bond acceptors (Lipinski definition) is 2. The molecule has 0 saturated carbocycles. The Morgan fingerprint density at radius 2 is 1.52 bits per heavy atom. The quantitative estimate of drug-likeness (QED) is 0.825. The SMILES string of the molecule is CC1CCN(C)CC1C#CC(O)(c1ccccc1)c1ccccc1.Cl. The summed E-state index contributed by atoms with van der Waals surface area (Å²) < 4.78 is 0. The van der Waals surface area contributed by atoms with Crippen molar-refractivity contribution in [1.82, 2.24) is 4.90 Å². The van der Waals surface area contributed by atoms with E-state index >= 15 is 0 Å². The lowest BCUT2D eigenvalue weighted by atomic mass is 9.84. The van der Waals surface area contributed by atoms with E-state index in [9.17, 15) is 5.11 Å². The molecule has 3 heteroatoms. The first-order chi connectivity index (χ1) is 11.6. The number of likely N-dealkylation sites (tertiary alicyclic amines) is 1. The Hall–Kier alpha value is -1.79. The van der Waals surface area contributed by atoms with Gasteiger partial charge in [-0.3, -0.25) is 0 Å². The lowest BCUT2D eigenvalue weighted by Crippen LogP contribution is -2.36. The van der Waals surface area contributed by atoms with Crippen molar-refractivity contribution in [2.24, 2.45) is 11.8 Å². The fourth-order valence-corrected chi connectivity index (χ4v) is 3.29. The van der Waals surface area contributed by atoms with E-state index in [-0.39, 0.29) is 12.4 Å². The van der Waals surface area contributed by atoms with E-state index in [0.717, 1.165) is 30.6 Å². The molecule has 0 aliphatic carbocycles. The molecule has 132 valence electrons. The second-order valence-corrected chi connectivity index (χ2v) is 6.85. The van der Waals surface area contributed by atoms with Gasteiger partial charge < -0.3 is 10.0 Å². The molecule has 3 rings (SSSR count). The molecule has 25 heavy (non-hydrogen) atoms. The minimum atomic E-state index is -1.27. The molecule has 1 fully saturated rings. The number of aliphatic hydroxyl groups is 1. The largest absolute Gasteiger partial charge is 0.369 e. The average molecular weight is 356 g/mol. The molecule has 1 aliphatic heterocycles. The molecule has 2 unspecified atom stereocenters. The highest BCUT2D eigenvalue weighted by Gasteiger charge is 2.30. The van der Waals surface area contributed by atoms with Crippen molar-refractivity contribution in [2.75, 3.05) is 20.1 Å². The summed E-state index contributed by atoms with van der Waals surface area (Å²) >= 11 is 0. The third-order valence-electron chi connectivity index (χ3n) is 4.98. The summed E-state index contributed by atoms with van der Waals surface area (Å²) in [5, 5.41) is 11.4. The summed E-state index contributed by atoms with van der Waals surface area (Å²) in [5.74, 6) is 7.48. The molecule has 1 aliphatic rings. The average Bonchev–Trinajstić information content (AvgIpc) is 2.63. The summed E-state index contributed by atoms with van der Waals surface area (Å²) in [5.41, 5.74) is 0.374. The normalized spacial score (nSPS) is 20.9. The first kappa shape index (κ1) is 19.5. The van der Waals surface area contributed by atoms with Gasteiger partial charge in [-0.2, -0.15) is 0 Å². The van der Waals surface area contributed by atoms with Crippen LogP contribution in [0.5, 0.6) is 0 Å². The van der Waals surface area contributed by atoms with E-state index < -0.39 is 5.60 Å². The van der Waals surface area contributed by atoms with Crippen LogP contribution in [-0.2, 0) is 5.60 Å². The van der Waals surface area contributed by atoms with Crippen LogP contribution in [0.4, 0.5) is 0 Å². The Bertz CT molecular complexity index is 680. The molecule has 1 heterocycles. The molecular weight excluding hydrogens is 330 g/mol. The summed E-state index contributed by atoms with van der Waals surface area (Å²) in [6.45, 7) is 4.35. The van der Waals surface area contributed by atoms with E-state index in [0.29, 0.717) is 11.8 Å². The topological polar surface area (TPSA) is 23.5 Å². The summed E-state index contributed by atoms with van der Waals surface area (Å²) in [6.07, 6.45) is 1.16. The number of piperidine rings is 1. The standard InChI is InChI=1S/C22H25NO.ClH/c1-18-14-16-23(2)17-19(18)13-15-22(24,20-9-5-3-6-10-20)21-11-7-4-8-12-21;/h3-12,18-19,24H,14,16-17H2,1-2H3;1H. The molecule has 0 spiro atoms. The number of halogens is 1. The van der Waals surface area contributed by atoms with Gasteiger partial charge in [-0.1, -0.05) is 79.4 Å². The van der Waals surface area contributed by atoms with Gasteiger partial charge in [-0.25, -0.2) is 0 Å². The van der Waals surface area contributed by atoms with Gasteiger partial charge >= 0.3 is 0 Å². The van der Waals surface area contributed by atoms with Gasteiger partial charge in [0.15, 0.2) is 5.60 Å². The van der Waals surface area contributed by atoms with Crippen molar-refractivity contribution < 1.29 is 5.11 Å². The second kappa shape index (κ2) is 8.54. The third kappa shape index (κ3) is 4.44. The molecule has 1 saturated heterocycles. The van der Waals surface area contributed by atoms with Crippen molar-refractivity contribution in [3.8, 4) is 11.8 Å². The van der Waals surface area contributed by atoms with Gasteiger partial charge in [-0.05, 0) is 25.9 Å². The molecule has 2 aromatic rings. The van der Waals surface area contributed by atoms with Gasteiger partial charge in [0.1, 0.15) is 0 Å². The number of hydrogen-bond donors (Lipinski definition) is 1. The van der Waals surface area contributed by atoms with E-state index in [1.165, 1.54) is 0 Å². The van der Waals surface area contributed by atoms with Gasteiger partial charge in [0, 0.05) is 23.6 Å². The Kier molecular flexibility index (Phi) is 6.67. The third-order valence-corrected chi connectivity index (χ3v) is 4.98. The van der Waals surface area contributed by atoms with Crippen LogP contribution in [0, 0.1) is 23.7 Å². The Labute approximate surface area is 157 Å². The molecule has 0 amide bonds. The molecule has 0 radical (unpaired) electrons. The number of benzene rings is 2. The maximum atomic E-state index is 11.4. The second-order valence-electron chi connectivity index (χ2n) is 6.85. The fourth-order valence-electron chi connectivity index (χ4n) is 3.29. The number of rotatable bonds is 2. The van der Waals surface area contributed by atoms with Crippen molar-refractivity contribution in [3.63, 3.8) is 0 Å². The smallest absolute Gasteiger partial charge is 0.176 e. The molecule has 0 bridgehead atoms. The van der Waals surface area contributed by atoms with Crippen LogP contribution in [0.3, 0.4) is 0 Å². The molecule has 2 atom stereocenters. The summed E-state index contributed by atoms with van der Waals surface area (Å²) in [7, 11) is 2.14. The summed E-state index contributed by atoms with van der Waals surface area (Å²) in [6, 6.07) is 19.5. The van der Waals surface area contributed by atoms with Crippen LogP contribution < -0.4 is 0 Å².